The van der Waals surface area contributed by atoms with Gasteiger partial charge in [0.1, 0.15) is 6.61 Å². The Labute approximate surface area is 176 Å². The summed E-state index contributed by atoms with van der Waals surface area (Å²) in [6.07, 6.45) is 3.96. The molecule has 2 aliphatic heterocycles. The predicted molar refractivity (Wildman–Crippen MR) is 117 cm³/mol. The number of nitrogens with zero attached hydrogens (tertiary/aromatic N) is 2. The van der Waals surface area contributed by atoms with Crippen molar-refractivity contribution in [3.63, 3.8) is 0 Å². The third-order valence-electron chi connectivity index (χ3n) is 5.45. The van der Waals surface area contributed by atoms with E-state index >= 15 is 0 Å². The molecule has 0 bridgehead atoms. The van der Waals surface area contributed by atoms with Crippen LogP contribution in [0.25, 0.3) is 0 Å². The Morgan fingerprint density at radius 3 is 2.53 bits per heavy atom. The van der Waals surface area contributed by atoms with Gasteiger partial charge in [0.05, 0.1) is 25.4 Å². The van der Waals surface area contributed by atoms with Crippen molar-refractivity contribution in [3.8, 4) is 0 Å². The third kappa shape index (κ3) is 5.37. The van der Waals surface area contributed by atoms with Gasteiger partial charge in [-0.15, -0.1) is 0 Å². The van der Waals surface area contributed by atoms with Crippen molar-refractivity contribution in [2.24, 2.45) is 10.7 Å². The summed E-state index contributed by atoms with van der Waals surface area (Å²) in [5.74, 6) is -0.0309. The summed E-state index contributed by atoms with van der Waals surface area (Å²) in [6, 6.07) is 14.4. The standard InChI is InChI=1S/C14H18N4O3.C9H10/c15-14-17-12-2-1-11(7-10(12)9-21-14)16-13(19)8-18-3-5-20-6-4-18;1-2-5-9-7-3-6-8(9)4-1/h1-2,7H,3-6,8-9H2,(H2,15,17)(H,16,19);1-2,4-5H,3,6-7H2. The second kappa shape index (κ2) is 9.73. The van der Waals surface area contributed by atoms with Crippen LogP contribution in [0.15, 0.2) is 47.5 Å². The number of hydrogen-bond donors (Lipinski definition) is 2. The van der Waals surface area contributed by atoms with E-state index in [0.29, 0.717) is 26.4 Å². The van der Waals surface area contributed by atoms with Crippen molar-refractivity contribution < 1.29 is 14.3 Å². The topological polar surface area (TPSA) is 89.2 Å². The predicted octanol–water partition coefficient (Wildman–Crippen LogP) is 2.61. The van der Waals surface area contributed by atoms with E-state index in [1.165, 1.54) is 19.3 Å². The van der Waals surface area contributed by atoms with Crippen molar-refractivity contribution >= 4 is 23.3 Å². The molecule has 2 aromatic carbocycles. The molecule has 1 aliphatic carbocycles. The van der Waals surface area contributed by atoms with Crippen LogP contribution in [0.2, 0.25) is 0 Å². The van der Waals surface area contributed by atoms with E-state index in [2.05, 4.69) is 39.5 Å². The van der Waals surface area contributed by atoms with Gasteiger partial charge in [0.15, 0.2) is 0 Å². The van der Waals surface area contributed by atoms with Crippen LogP contribution in [0, 0.1) is 0 Å². The first-order valence-corrected chi connectivity index (χ1v) is 10.4. The number of carbonyl (C=O) groups excluding carboxylic acids is 1. The number of carbonyl (C=O) groups is 1. The maximum atomic E-state index is 12.0. The number of benzene rings is 2. The van der Waals surface area contributed by atoms with Crippen LogP contribution in [0.3, 0.4) is 0 Å². The minimum absolute atomic E-state index is 0.0309. The summed E-state index contributed by atoms with van der Waals surface area (Å²) >= 11 is 0. The lowest BCUT2D eigenvalue weighted by Gasteiger charge is -2.25. The third-order valence-corrected chi connectivity index (χ3v) is 5.45. The van der Waals surface area contributed by atoms with Gasteiger partial charge in [-0.05, 0) is 48.6 Å². The molecule has 0 unspecified atom stereocenters. The van der Waals surface area contributed by atoms with Gasteiger partial charge >= 0.3 is 0 Å². The summed E-state index contributed by atoms with van der Waals surface area (Å²) in [5.41, 5.74) is 11.1. The molecule has 7 nitrogen and oxygen atoms in total. The molecule has 1 fully saturated rings. The number of ether oxygens (including phenoxy) is 2. The zero-order valence-electron chi connectivity index (χ0n) is 17.1. The van der Waals surface area contributed by atoms with Gasteiger partial charge < -0.3 is 20.5 Å². The first-order valence-electron chi connectivity index (χ1n) is 10.4. The Balaban J connectivity index is 0.000000200. The second-order valence-electron chi connectivity index (χ2n) is 7.64. The molecule has 0 saturated carbocycles. The highest BCUT2D eigenvalue weighted by Gasteiger charge is 2.16. The first kappa shape index (κ1) is 20.4. The summed E-state index contributed by atoms with van der Waals surface area (Å²) in [7, 11) is 0. The molecular formula is C23H28N4O3. The monoisotopic (exact) mass is 408 g/mol. The number of amidine groups is 1. The van der Waals surface area contributed by atoms with Crippen molar-refractivity contribution in [1.29, 1.82) is 0 Å². The number of rotatable bonds is 3. The van der Waals surface area contributed by atoms with E-state index in [-0.39, 0.29) is 11.9 Å². The quantitative estimate of drug-likeness (QED) is 0.815. The van der Waals surface area contributed by atoms with Crippen LogP contribution in [0.5, 0.6) is 0 Å². The lowest BCUT2D eigenvalue weighted by Crippen LogP contribution is -2.41. The minimum atomic E-state index is -0.0309. The lowest BCUT2D eigenvalue weighted by molar-refractivity contribution is -0.118. The summed E-state index contributed by atoms with van der Waals surface area (Å²) in [6.45, 7) is 3.70. The molecule has 0 aromatic heterocycles. The fourth-order valence-corrected chi connectivity index (χ4v) is 3.87. The van der Waals surface area contributed by atoms with Crippen molar-refractivity contribution in [2.75, 3.05) is 38.2 Å². The number of fused-ring (bicyclic) bond motifs is 2. The van der Waals surface area contributed by atoms with Crippen molar-refractivity contribution in [3.05, 3.63) is 59.2 Å². The van der Waals surface area contributed by atoms with Crippen LogP contribution < -0.4 is 11.1 Å². The normalized spacial score (nSPS) is 17.5. The number of anilines is 1. The fraction of sp³-hybridized carbons (Fsp3) is 0.391. The molecule has 3 N–H and O–H groups in total. The molecule has 2 aromatic rings. The smallest absolute Gasteiger partial charge is 0.287 e. The highest BCUT2D eigenvalue weighted by atomic mass is 16.5. The molecule has 158 valence electrons. The number of hydrogen-bond acceptors (Lipinski definition) is 6. The molecule has 0 spiro atoms. The van der Waals surface area contributed by atoms with Crippen LogP contribution in [0.4, 0.5) is 11.4 Å². The molecule has 30 heavy (non-hydrogen) atoms. The van der Waals surface area contributed by atoms with Crippen molar-refractivity contribution in [2.45, 2.75) is 25.9 Å². The van der Waals surface area contributed by atoms with Gasteiger partial charge in [-0.1, -0.05) is 24.3 Å². The maximum absolute atomic E-state index is 12.0. The van der Waals surface area contributed by atoms with Gasteiger partial charge in [-0.2, -0.15) is 4.99 Å². The number of nitrogens with two attached hydrogens (primary N) is 1. The lowest BCUT2D eigenvalue weighted by atomic mass is 10.1. The Bertz CT molecular complexity index is 899. The maximum Gasteiger partial charge on any atom is 0.287 e. The first-order chi connectivity index (χ1) is 14.7. The van der Waals surface area contributed by atoms with E-state index in [9.17, 15) is 4.79 Å². The van der Waals surface area contributed by atoms with Crippen LogP contribution in [-0.2, 0) is 33.7 Å². The van der Waals surface area contributed by atoms with Gasteiger partial charge in [-0.3, -0.25) is 9.69 Å². The van der Waals surface area contributed by atoms with Gasteiger partial charge in [0, 0.05) is 24.3 Å². The molecule has 2 heterocycles. The number of morpholine rings is 1. The second-order valence-corrected chi connectivity index (χ2v) is 7.64. The van der Waals surface area contributed by atoms with E-state index in [1.807, 2.05) is 18.2 Å². The summed E-state index contributed by atoms with van der Waals surface area (Å²) in [4.78, 5) is 18.2. The molecule has 1 amide bonds. The Kier molecular flexibility index (Phi) is 6.61. The number of amides is 1. The summed E-state index contributed by atoms with van der Waals surface area (Å²) < 4.78 is 10.4. The highest BCUT2D eigenvalue weighted by molar-refractivity contribution is 5.92. The molecule has 7 heteroatoms. The largest absolute Gasteiger partial charge is 0.460 e. The van der Waals surface area contributed by atoms with E-state index < -0.39 is 0 Å². The Morgan fingerprint density at radius 2 is 1.80 bits per heavy atom. The average molecular weight is 409 g/mol. The Hall–Kier alpha value is -2.90. The molecule has 3 aliphatic rings. The summed E-state index contributed by atoms with van der Waals surface area (Å²) in [5, 5.41) is 2.89. The molecule has 0 radical (unpaired) electrons. The van der Waals surface area contributed by atoms with Crippen LogP contribution in [0.1, 0.15) is 23.1 Å². The van der Waals surface area contributed by atoms with E-state index in [0.717, 1.165) is 30.0 Å². The zero-order chi connectivity index (χ0) is 20.8. The van der Waals surface area contributed by atoms with Crippen molar-refractivity contribution in [1.82, 2.24) is 4.90 Å². The molecule has 5 rings (SSSR count). The zero-order valence-corrected chi connectivity index (χ0v) is 17.1. The Morgan fingerprint density at radius 1 is 1.07 bits per heavy atom. The van der Waals surface area contributed by atoms with Gasteiger partial charge in [0.2, 0.25) is 5.91 Å². The SMILES string of the molecule is NC1=Nc2ccc(NC(=O)CN3CCOCC3)cc2CO1.c1ccc2c(c1)CCC2. The molecule has 0 atom stereocenters. The highest BCUT2D eigenvalue weighted by Crippen LogP contribution is 2.27. The van der Waals surface area contributed by atoms with Crippen LogP contribution in [-0.4, -0.2) is 49.7 Å². The number of nitrogens with one attached hydrogen (secondary N) is 1. The van der Waals surface area contributed by atoms with E-state index in [1.54, 1.807) is 11.1 Å². The van der Waals surface area contributed by atoms with Gasteiger partial charge in [-0.25, -0.2) is 0 Å². The van der Waals surface area contributed by atoms with Gasteiger partial charge in [0.25, 0.3) is 6.02 Å². The molecule has 1 saturated heterocycles. The molecular weight excluding hydrogens is 380 g/mol. The van der Waals surface area contributed by atoms with E-state index in [4.69, 9.17) is 15.2 Å². The minimum Gasteiger partial charge on any atom is -0.460 e. The number of aryl methyl sites for hydroxylation is 2. The number of aliphatic imine (C=N–C) groups is 1. The average Bonchev–Trinajstić information content (AvgIpc) is 3.24. The van der Waals surface area contributed by atoms with Crippen LogP contribution >= 0.6 is 0 Å². The fourth-order valence-electron chi connectivity index (χ4n) is 3.87.